The van der Waals surface area contributed by atoms with Gasteiger partial charge in [0.2, 0.25) is 0 Å². The molecule has 0 saturated heterocycles. The third kappa shape index (κ3) is 4.09. The zero-order chi connectivity index (χ0) is 29.0. The summed E-state index contributed by atoms with van der Waals surface area (Å²) in [7, 11) is 0. The Bertz CT molecular complexity index is 2410. The molecule has 44 heavy (non-hydrogen) atoms. The highest BCUT2D eigenvalue weighted by molar-refractivity contribution is 6.17. The predicted octanol–water partition coefficient (Wildman–Crippen LogP) is 9.65. The summed E-state index contributed by atoms with van der Waals surface area (Å²) in [4.78, 5) is 10.2. The number of nitrogens with one attached hydrogen (secondary N) is 1. The Morgan fingerprint density at radius 2 is 0.909 bits per heavy atom. The van der Waals surface area contributed by atoms with Crippen LogP contribution in [0.4, 0.5) is 0 Å². The van der Waals surface area contributed by atoms with Crippen molar-refractivity contribution in [1.82, 2.24) is 5.32 Å². The van der Waals surface area contributed by atoms with Crippen LogP contribution in [0.1, 0.15) is 22.9 Å². The molecule has 208 valence electrons. The van der Waals surface area contributed by atoms with Gasteiger partial charge in [-0.05, 0) is 41.5 Å². The molecule has 1 atom stereocenters. The molecule has 8 aromatic rings. The van der Waals surface area contributed by atoms with Crippen molar-refractivity contribution in [2.75, 3.05) is 0 Å². The molecule has 9 rings (SSSR count). The van der Waals surface area contributed by atoms with E-state index in [9.17, 15) is 0 Å². The van der Waals surface area contributed by atoms with Gasteiger partial charge in [0.1, 0.15) is 34.0 Å². The van der Waals surface area contributed by atoms with Gasteiger partial charge >= 0.3 is 0 Å². The van der Waals surface area contributed by atoms with E-state index in [0.29, 0.717) is 0 Å². The number of aliphatic imine (C=N–C) groups is 2. The van der Waals surface area contributed by atoms with Gasteiger partial charge in [-0.1, -0.05) is 109 Å². The lowest BCUT2D eigenvalue weighted by atomic mass is 10.0. The molecule has 0 bridgehead atoms. The topological polar surface area (TPSA) is 63.0 Å². The van der Waals surface area contributed by atoms with Crippen LogP contribution in [-0.4, -0.2) is 11.7 Å². The van der Waals surface area contributed by atoms with Crippen LogP contribution in [0.15, 0.2) is 158 Å². The first-order valence-electron chi connectivity index (χ1n) is 14.7. The highest BCUT2D eigenvalue weighted by atomic mass is 16.3. The number of amidine groups is 2. The molecule has 5 nitrogen and oxygen atoms in total. The van der Waals surface area contributed by atoms with Crippen molar-refractivity contribution in [3.05, 3.63) is 156 Å². The summed E-state index contributed by atoms with van der Waals surface area (Å²) in [5.74, 6) is 1.49. The number of rotatable bonds is 4. The highest BCUT2D eigenvalue weighted by Gasteiger charge is 2.22. The predicted molar refractivity (Wildman–Crippen MR) is 178 cm³/mol. The van der Waals surface area contributed by atoms with Crippen LogP contribution in [-0.2, 0) is 0 Å². The molecule has 0 fully saturated rings. The number of nitrogens with zero attached hydrogens (tertiary/aromatic N) is 2. The molecule has 0 amide bonds. The van der Waals surface area contributed by atoms with E-state index in [0.717, 1.165) is 77.8 Å². The van der Waals surface area contributed by atoms with Gasteiger partial charge in [-0.15, -0.1) is 0 Å². The van der Waals surface area contributed by atoms with Crippen LogP contribution in [0.3, 0.4) is 0 Å². The summed E-state index contributed by atoms with van der Waals surface area (Å²) >= 11 is 0. The van der Waals surface area contributed by atoms with Gasteiger partial charge in [-0.2, -0.15) is 0 Å². The van der Waals surface area contributed by atoms with E-state index in [4.69, 9.17) is 18.8 Å². The van der Waals surface area contributed by atoms with Crippen LogP contribution in [0.5, 0.6) is 0 Å². The summed E-state index contributed by atoms with van der Waals surface area (Å²) in [6.45, 7) is 0. The van der Waals surface area contributed by atoms with E-state index in [1.807, 2.05) is 42.5 Å². The van der Waals surface area contributed by atoms with Crippen LogP contribution >= 0.6 is 0 Å². The van der Waals surface area contributed by atoms with Crippen molar-refractivity contribution in [3.8, 4) is 11.1 Å². The lowest BCUT2D eigenvalue weighted by Crippen LogP contribution is -2.36. The molecule has 1 aliphatic heterocycles. The molecule has 3 heterocycles. The minimum absolute atomic E-state index is 0.459. The van der Waals surface area contributed by atoms with Crippen molar-refractivity contribution in [3.63, 3.8) is 0 Å². The van der Waals surface area contributed by atoms with E-state index >= 15 is 0 Å². The number of para-hydroxylation sites is 2. The van der Waals surface area contributed by atoms with Crippen molar-refractivity contribution in [2.24, 2.45) is 9.98 Å². The Morgan fingerprint density at radius 1 is 0.409 bits per heavy atom. The average molecular weight is 568 g/mol. The highest BCUT2D eigenvalue weighted by Crippen LogP contribution is 2.34. The molecule has 5 heteroatoms. The first-order chi connectivity index (χ1) is 21.8. The number of hydrogen-bond acceptors (Lipinski definition) is 5. The maximum atomic E-state index is 6.21. The molecular weight excluding hydrogens is 542 g/mol. The molecule has 0 spiro atoms. The van der Waals surface area contributed by atoms with E-state index in [2.05, 4.69) is 102 Å². The van der Waals surface area contributed by atoms with Gasteiger partial charge in [0.05, 0.1) is 0 Å². The number of hydrogen-bond donors (Lipinski definition) is 1. The van der Waals surface area contributed by atoms with Crippen molar-refractivity contribution < 1.29 is 8.83 Å². The zero-order valence-electron chi connectivity index (χ0n) is 23.6. The Morgan fingerprint density at radius 3 is 1.61 bits per heavy atom. The lowest BCUT2D eigenvalue weighted by Gasteiger charge is -2.22. The fraction of sp³-hybridized carbons (Fsp3) is 0.0256. The molecule has 6 aromatic carbocycles. The second-order valence-corrected chi connectivity index (χ2v) is 11.1. The zero-order valence-corrected chi connectivity index (χ0v) is 23.6. The maximum Gasteiger partial charge on any atom is 0.169 e. The first-order valence-corrected chi connectivity index (χ1v) is 14.7. The van der Waals surface area contributed by atoms with E-state index in [-0.39, 0.29) is 0 Å². The second-order valence-electron chi connectivity index (χ2n) is 11.1. The fourth-order valence-electron chi connectivity index (χ4n) is 6.12. The van der Waals surface area contributed by atoms with Gasteiger partial charge in [-0.3, -0.25) is 0 Å². The molecule has 0 aliphatic carbocycles. The summed E-state index contributed by atoms with van der Waals surface area (Å²) in [6.07, 6.45) is -0.459. The minimum atomic E-state index is -0.459. The molecule has 0 saturated carbocycles. The van der Waals surface area contributed by atoms with Crippen molar-refractivity contribution in [2.45, 2.75) is 6.17 Å². The van der Waals surface area contributed by atoms with E-state index in [1.165, 1.54) is 5.56 Å². The molecule has 0 radical (unpaired) electrons. The standard InChI is InChI=1S/C39H25N3O2/c1-2-8-24(9-3-1)25-14-16-26(17-15-25)37-40-38(27-18-20-31-29-10-4-6-12-33(29)43-35(31)22-27)42-39(41-37)28-19-21-32-30-11-5-7-13-34(30)44-36(32)23-28/h1-23,38H,(H,40,41,42). The summed E-state index contributed by atoms with van der Waals surface area (Å²) in [6, 6.07) is 47.6. The van der Waals surface area contributed by atoms with Crippen LogP contribution in [0.25, 0.3) is 55.0 Å². The summed E-state index contributed by atoms with van der Waals surface area (Å²) < 4.78 is 12.4. The van der Waals surface area contributed by atoms with Gasteiger partial charge in [0.15, 0.2) is 6.17 Å². The second kappa shape index (κ2) is 9.82. The Kier molecular flexibility index (Phi) is 5.50. The fourth-order valence-corrected chi connectivity index (χ4v) is 6.12. The Balaban J connectivity index is 1.15. The molecule has 1 aliphatic rings. The maximum absolute atomic E-state index is 6.21. The van der Waals surface area contributed by atoms with Crippen molar-refractivity contribution >= 4 is 55.5 Å². The van der Waals surface area contributed by atoms with Crippen LogP contribution < -0.4 is 5.32 Å². The van der Waals surface area contributed by atoms with Gasteiger partial charge in [0, 0.05) is 38.2 Å². The number of fused-ring (bicyclic) bond motifs is 6. The summed E-state index contributed by atoms with van der Waals surface area (Å²) in [5, 5.41) is 7.90. The number of benzene rings is 6. The molecule has 1 unspecified atom stereocenters. The van der Waals surface area contributed by atoms with Crippen LogP contribution in [0.2, 0.25) is 0 Å². The Hall–Kier alpha value is -5.94. The molecule has 2 aromatic heterocycles. The van der Waals surface area contributed by atoms with Crippen molar-refractivity contribution in [1.29, 1.82) is 0 Å². The van der Waals surface area contributed by atoms with Gasteiger partial charge in [-0.25, -0.2) is 9.98 Å². The van der Waals surface area contributed by atoms with Gasteiger partial charge in [0.25, 0.3) is 0 Å². The average Bonchev–Trinajstić information content (AvgIpc) is 3.66. The van der Waals surface area contributed by atoms with Crippen LogP contribution in [0, 0.1) is 0 Å². The number of furan rings is 2. The Labute approximate surface area is 252 Å². The molecular formula is C39H25N3O2. The molecule has 1 N–H and O–H groups in total. The lowest BCUT2D eigenvalue weighted by molar-refractivity contribution is 0.665. The first kappa shape index (κ1) is 24.6. The largest absolute Gasteiger partial charge is 0.456 e. The van der Waals surface area contributed by atoms with E-state index < -0.39 is 6.17 Å². The smallest absolute Gasteiger partial charge is 0.169 e. The monoisotopic (exact) mass is 567 g/mol. The third-order valence-corrected chi connectivity index (χ3v) is 8.36. The van der Waals surface area contributed by atoms with E-state index in [1.54, 1.807) is 0 Å². The minimum Gasteiger partial charge on any atom is -0.456 e. The third-order valence-electron chi connectivity index (χ3n) is 8.36. The SMILES string of the molecule is c1ccc(-c2ccc(C3=NC(c4ccc5c(c4)oc4ccccc45)N=C(c4ccc5c(c4)oc4ccccc45)N3)cc2)cc1. The summed E-state index contributed by atoms with van der Waals surface area (Å²) in [5.41, 5.74) is 8.59. The van der Waals surface area contributed by atoms with Gasteiger partial charge < -0.3 is 14.2 Å². The quantitative estimate of drug-likeness (QED) is 0.230. The normalized spacial score (nSPS) is 15.0.